The second-order valence-electron chi connectivity index (χ2n) is 7.44. The fourth-order valence-electron chi connectivity index (χ4n) is 3.22. The Balaban J connectivity index is 1.65. The number of hydrogen-bond acceptors (Lipinski definition) is 5. The lowest BCUT2D eigenvalue weighted by Crippen LogP contribution is -2.46. The van der Waals surface area contributed by atoms with Crippen molar-refractivity contribution in [3.63, 3.8) is 0 Å². The van der Waals surface area contributed by atoms with Crippen LogP contribution in [0.25, 0.3) is 0 Å². The third-order valence-corrected chi connectivity index (χ3v) is 6.97. The predicted molar refractivity (Wildman–Crippen MR) is 115 cm³/mol. The van der Waals surface area contributed by atoms with Crippen LogP contribution in [0.4, 0.5) is 18.9 Å². The molecule has 0 bridgehead atoms. The van der Waals surface area contributed by atoms with E-state index in [1.54, 1.807) is 35.2 Å². The number of piperazine rings is 1. The van der Waals surface area contributed by atoms with Crippen molar-refractivity contribution in [3.05, 3.63) is 71.4 Å². The Morgan fingerprint density at radius 1 is 1.09 bits per heavy atom. The van der Waals surface area contributed by atoms with E-state index >= 15 is 0 Å². The van der Waals surface area contributed by atoms with Crippen LogP contribution in [0.1, 0.15) is 11.1 Å². The van der Waals surface area contributed by atoms with Crippen LogP contribution in [0.3, 0.4) is 0 Å². The summed E-state index contributed by atoms with van der Waals surface area (Å²) in [6.45, 7) is 2.65. The Hall–Kier alpha value is -3.36. The largest absolute Gasteiger partial charge is 0.416 e. The van der Waals surface area contributed by atoms with E-state index in [0.29, 0.717) is 0 Å². The van der Waals surface area contributed by atoms with Crippen LogP contribution in [0.5, 0.6) is 0 Å². The molecule has 7 nitrogen and oxygen atoms in total. The molecule has 0 radical (unpaired) electrons. The Morgan fingerprint density at radius 2 is 1.73 bits per heavy atom. The first kappa shape index (κ1) is 24.3. The maximum atomic E-state index is 12.9. The molecule has 1 N–H and O–H groups in total. The number of carbonyl (C=O) groups excluding carboxylic acids is 1. The van der Waals surface area contributed by atoms with E-state index < -0.39 is 27.7 Å². The highest BCUT2D eigenvalue weighted by atomic mass is 32.2. The van der Waals surface area contributed by atoms with Gasteiger partial charge in [-0.1, -0.05) is 23.8 Å². The maximum Gasteiger partial charge on any atom is 0.416 e. The van der Waals surface area contributed by atoms with Gasteiger partial charge in [-0.2, -0.15) is 22.7 Å². The van der Waals surface area contributed by atoms with Gasteiger partial charge in [0.15, 0.2) is 0 Å². The number of nitrogens with one attached hydrogen (secondary N) is 1. The summed E-state index contributed by atoms with van der Waals surface area (Å²) in [5.41, 5.74) is -0.378. The molecule has 1 aliphatic rings. The van der Waals surface area contributed by atoms with Crippen molar-refractivity contribution in [1.82, 2.24) is 9.21 Å². The normalized spacial score (nSPS) is 15.7. The molecule has 11 heteroatoms. The minimum Gasteiger partial charge on any atom is -0.373 e. The minimum absolute atomic E-state index is 0.0926. The number of carbonyl (C=O) groups is 1. The van der Waals surface area contributed by atoms with Crippen molar-refractivity contribution < 1.29 is 26.4 Å². The van der Waals surface area contributed by atoms with Gasteiger partial charge in [-0.05, 0) is 37.3 Å². The van der Waals surface area contributed by atoms with E-state index in [0.717, 1.165) is 23.8 Å². The lowest BCUT2D eigenvalue weighted by Gasteiger charge is -2.33. The summed E-state index contributed by atoms with van der Waals surface area (Å²) in [6, 6.07) is 12.4. The average molecular weight is 478 g/mol. The third-order valence-electron chi connectivity index (χ3n) is 5.06. The van der Waals surface area contributed by atoms with Gasteiger partial charge in [-0.25, -0.2) is 8.42 Å². The van der Waals surface area contributed by atoms with Crippen molar-refractivity contribution >= 4 is 21.6 Å². The van der Waals surface area contributed by atoms with Gasteiger partial charge < -0.3 is 10.2 Å². The van der Waals surface area contributed by atoms with Gasteiger partial charge in [0.1, 0.15) is 11.6 Å². The van der Waals surface area contributed by atoms with Gasteiger partial charge in [-0.3, -0.25) is 4.79 Å². The van der Waals surface area contributed by atoms with Crippen LogP contribution in [0.15, 0.2) is 65.2 Å². The second kappa shape index (κ2) is 9.64. The Morgan fingerprint density at radius 3 is 2.30 bits per heavy atom. The predicted octanol–water partition coefficient (Wildman–Crippen LogP) is 3.37. The molecule has 0 unspecified atom stereocenters. The van der Waals surface area contributed by atoms with Gasteiger partial charge in [0.2, 0.25) is 10.0 Å². The number of hydrogen-bond donors (Lipinski definition) is 1. The summed E-state index contributed by atoms with van der Waals surface area (Å²) < 4.78 is 65.5. The van der Waals surface area contributed by atoms with E-state index in [4.69, 9.17) is 0 Å². The van der Waals surface area contributed by atoms with Gasteiger partial charge in [-0.15, -0.1) is 0 Å². The van der Waals surface area contributed by atoms with E-state index in [2.05, 4.69) is 5.32 Å². The third kappa shape index (κ3) is 5.91. The molecule has 0 aromatic heterocycles. The number of halogens is 3. The van der Waals surface area contributed by atoms with Gasteiger partial charge in [0.25, 0.3) is 5.91 Å². The molecule has 1 amide bonds. The Labute approximate surface area is 189 Å². The molecule has 0 spiro atoms. The van der Waals surface area contributed by atoms with Crippen molar-refractivity contribution in [2.45, 2.75) is 18.0 Å². The molecule has 0 saturated carbocycles. The van der Waals surface area contributed by atoms with E-state index in [-0.39, 0.29) is 42.3 Å². The minimum atomic E-state index is -4.56. The number of anilines is 1. The van der Waals surface area contributed by atoms with Crippen LogP contribution in [-0.2, 0) is 21.0 Å². The Kier molecular flexibility index (Phi) is 7.09. The number of nitriles is 1. The van der Waals surface area contributed by atoms with Crippen LogP contribution in [0, 0.1) is 18.3 Å². The summed E-state index contributed by atoms with van der Waals surface area (Å²) in [4.78, 5) is 14.2. The monoisotopic (exact) mass is 478 g/mol. The summed E-state index contributed by atoms with van der Waals surface area (Å²) in [5.74, 6) is -0.855. The molecule has 1 saturated heterocycles. The highest BCUT2D eigenvalue weighted by Gasteiger charge is 2.31. The summed E-state index contributed by atoms with van der Waals surface area (Å²) in [5, 5.41) is 11.6. The molecular weight excluding hydrogens is 457 g/mol. The average Bonchev–Trinajstić information content (AvgIpc) is 2.77. The lowest BCUT2D eigenvalue weighted by molar-refractivity contribution is -0.137. The number of rotatable bonds is 5. The number of amides is 1. The molecule has 1 heterocycles. The standard InChI is InChI=1S/C22H21F3N4O3S/c1-16-5-7-20(8-6-16)33(31,32)29-11-9-28(10-12-29)15-17(14-26)21(30)27-19-4-2-3-18(13-19)22(23,24)25/h2-8,13,15H,9-12H2,1H3,(H,27,30)/b17-15-. The van der Waals surface area contributed by atoms with E-state index in [1.165, 1.54) is 16.6 Å². The first-order valence-electron chi connectivity index (χ1n) is 9.92. The first-order valence-corrected chi connectivity index (χ1v) is 11.4. The molecule has 1 aliphatic heterocycles. The number of nitrogens with zero attached hydrogens (tertiary/aromatic N) is 3. The van der Waals surface area contributed by atoms with Gasteiger partial charge in [0.05, 0.1) is 10.5 Å². The summed E-state index contributed by atoms with van der Waals surface area (Å²) >= 11 is 0. The van der Waals surface area contributed by atoms with Crippen molar-refractivity contribution in [2.24, 2.45) is 0 Å². The molecule has 1 fully saturated rings. The summed E-state index contributed by atoms with van der Waals surface area (Å²) in [6.07, 6.45) is -3.27. The smallest absolute Gasteiger partial charge is 0.373 e. The second-order valence-corrected chi connectivity index (χ2v) is 9.38. The van der Waals surface area contributed by atoms with Crippen LogP contribution in [0.2, 0.25) is 0 Å². The van der Waals surface area contributed by atoms with Gasteiger partial charge >= 0.3 is 6.18 Å². The van der Waals surface area contributed by atoms with E-state index in [1.807, 2.05) is 6.92 Å². The van der Waals surface area contributed by atoms with Crippen LogP contribution in [-0.4, -0.2) is 49.7 Å². The Bertz CT molecular complexity index is 1190. The van der Waals surface area contributed by atoms with Crippen molar-refractivity contribution in [3.8, 4) is 6.07 Å². The quantitative estimate of drug-likeness (QED) is 0.526. The fourth-order valence-corrected chi connectivity index (χ4v) is 4.65. The van der Waals surface area contributed by atoms with Gasteiger partial charge in [0, 0.05) is 38.1 Å². The zero-order chi connectivity index (χ0) is 24.2. The molecule has 33 heavy (non-hydrogen) atoms. The zero-order valence-electron chi connectivity index (χ0n) is 17.6. The fraction of sp³-hybridized carbons (Fsp3) is 0.273. The molecule has 0 atom stereocenters. The molecule has 3 rings (SSSR count). The first-order chi connectivity index (χ1) is 15.5. The topological polar surface area (TPSA) is 93.5 Å². The SMILES string of the molecule is Cc1ccc(S(=O)(=O)N2CCN(/C=C(/C#N)C(=O)Nc3cccc(C(F)(F)F)c3)CC2)cc1. The molecular formula is C22H21F3N4O3S. The molecule has 0 aliphatic carbocycles. The molecule has 2 aromatic carbocycles. The molecule has 2 aromatic rings. The number of aryl methyl sites for hydroxylation is 1. The highest BCUT2D eigenvalue weighted by molar-refractivity contribution is 7.89. The van der Waals surface area contributed by atoms with Crippen LogP contribution < -0.4 is 5.32 Å². The number of alkyl halides is 3. The van der Waals surface area contributed by atoms with Crippen LogP contribution >= 0.6 is 0 Å². The highest BCUT2D eigenvalue weighted by Crippen LogP contribution is 2.30. The zero-order valence-corrected chi connectivity index (χ0v) is 18.4. The summed E-state index contributed by atoms with van der Waals surface area (Å²) in [7, 11) is -3.66. The van der Waals surface area contributed by atoms with E-state index in [9.17, 15) is 31.6 Å². The van der Waals surface area contributed by atoms with Crippen molar-refractivity contribution in [1.29, 1.82) is 5.26 Å². The lowest BCUT2D eigenvalue weighted by atomic mass is 10.2. The number of benzene rings is 2. The number of sulfonamides is 1. The molecule has 174 valence electrons. The maximum absolute atomic E-state index is 12.9. The van der Waals surface area contributed by atoms with Crippen molar-refractivity contribution in [2.75, 3.05) is 31.5 Å².